The highest BCUT2D eigenvalue weighted by Crippen LogP contribution is 2.16. The molecule has 1 rings (SSSR count). The second-order valence-electron chi connectivity index (χ2n) is 5.09. The normalized spacial score (nSPS) is 15.2. The highest BCUT2D eigenvalue weighted by molar-refractivity contribution is 5.86. The Morgan fingerprint density at radius 3 is 2.45 bits per heavy atom. The molecule has 0 saturated heterocycles. The summed E-state index contributed by atoms with van der Waals surface area (Å²) in [6.45, 7) is 3.23. The third-order valence-electron chi connectivity index (χ3n) is 3.50. The number of aliphatic carboxylic acids is 1. The summed E-state index contributed by atoms with van der Waals surface area (Å²) < 4.78 is 0. The largest absolute Gasteiger partial charge is 0.480 e. The summed E-state index contributed by atoms with van der Waals surface area (Å²) in [6, 6.07) is 9.30. The molecule has 110 valence electrons. The second kappa shape index (κ2) is 7.05. The minimum absolute atomic E-state index is 0.207. The predicted octanol–water partition coefficient (Wildman–Crippen LogP) is 1.84. The Morgan fingerprint density at radius 1 is 1.35 bits per heavy atom. The van der Waals surface area contributed by atoms with Crippen molar-refractivity contribution >= 4 is 11.9 Å². The van der Waals surface area contributed by atoms with Crippen LogP contribution in [-0.2, 0) is 9.59 Å². The number of hydrogen-bond donors (Lipinski definition) is 3. The van der Waals surface area contributed by atoms with E-state index >= 15 is 0 Å². The van der Waals surface area contributed by atoms with Crippen LogP contribution < -0.4 is 11.1 Å². The average molecular weight is 278 g/mol. The number of rotatable bonds is 7. The van der Waals surface area contributed by atoms with Crippen LogP contribution in [0.15, 0.2) is 30.3 Å². The molecule has 0 bridgehead atoms. The van der Waals surface area contributed by atoms with Gasteiger partial charge in [0.05, 0.1) is 0 Å². The first-order chi connectivity index (χ1) is 9.39. The van der Waals surface area contributed by atoms with Gasteiger partial charge in [-0.15, -0.1) is 0 Å². The highest BCUT2D eigenvalue weighted by atomic mass is 16.4. The lowest BCUT2D eigenvalue weighted by molar-refractivity contribution is -0.147. The van der Waals surface area contributed by atoms with E-state index in [2.05, 4.69) is 5.32 Å². The van der Waals surface area contributed by atoms with Crippen molar-refractivity contribution in [3.05, 3.63) is 35.9 Å². The van der Waals surface area contributed by atoms with Crippen LogP contribution in [0.4, 0.5) is 0 Å². The van der Waals surface area contributed by atoms with Crippen molar-refractivity contribution in [2.75, 3.05) is 0 Å². The van der Waals surface area contributed by atoms with Crippen molar-refractivity contribution in [2.24, 2.45) is 5.73 Å². The van der Waals surface area contributed by atoms with E-state index in [0.717, 1.165) is 5.56 Å². The fraction of sp³-hybridized carbons (Fsp3) is 0.467. The molecular formula is C15H22N2O3. The number of carbonyl (C=O) groups excluding carboxylic acids is 1. The Labute approximate surface area is 119 Å². The van der Waals surface area contributed by atoms with Gasteiger partial charge in [-0.2, -0.15) is 0 Å². The molecule has 0 heterocycles. The number of carboxylic acids is 1. The number of benzene rings is 1. The molecule has 0 aromatic heterocycles. The van der Waals surface area contributed by atoms with Gasteiger partial charge < -0.3 is 16.2 Å². The first kappa shape index (κ1) is 16.2. The Balaban J connectivity index is 2.50. The SMILES string of the molecule is CCC(C)(NC(=O)CCC(N)c1ccccc1)C(=O)O. The molecule has 0 radical (unpaired) electrons. The Bertz CT molecular complexity index is 461. The number of carboxylic acid groups (broad SMARTS) is 1. The topological polar surface area (TPSA) is 92.4 Å². The molecule has 0 aliphatic rings. The van der Waals surface area contributed by atoms with Crippen molar-refractivity contribution < 1.29 is 14.7 Å². The summed E-state index contributed by atoms with van der Waals surface area (Å²) in [5.74, 6) is -1.32. The van der Waals surface area contributed by atoms with Crippen LogP contribution in [0, 0.1) is 0 Å². The summed E-state index contributed by atoms with van der Waals surface area (Å²) in [5, 5.41) is 11.7. The minimum Gasteiger partial charge on any atom is -0.480 e. The van der Waals surface area contributed by atoms with Crippen LogP contribution in [0.25, 0.3) is 0 Å². The number of carbonyl (C=O) groups is 2. The van der Waals surface area contributed by atoms with E-state index in [9.17, 15) is 9.59 Å². The van der Waals surface area contributed by atoms with Crippen molar-refractivity contribution in [3.63, 3.8) is 0 Å². The monoisotopic (exact) mass is 278 g/mol. The maximum absolute atomic E-state index is 11.8. The number of nitrogens with two attached hydrogens (primary N) is 1. The predicted molar refractivity (Wildman–Crippen MR) is 77.1 cm³/mol. The van der Waals surface area contributed by atoms with Gasteiger partial charge >= 0.3 is 5.97 Å². The third-order valence-corrected chi connectivity index (χ3v) is 3.50. The molecule has 2 unspecified atom stereocenters. The van der Waals surface area contributed by atoms with E-state index in [1.54, 1.807) is 6.92 Å². The lowest BCUT2D eigenvalue weighted by Gasteiger charge is -2.24. The van der Waals surface area contributed by atoms with E-state index in [-0.39, 0.29) is 18.4 Å². The molecule has 0 spiro atoms. The third kappa shape index (κ3) is 4.35. The van der Waals surface area contributed by atoms with Crippen molar-refractivity contribution in [3.8, 4) is 0 Å². The Hall–Kier alpha value is -1.88. The van der Waals surface area contributed by atoms with Crippen molar-refractivity contribution in [1.82, 2.24) is 5.32 Å². The van der Waals surface area contributed by atoms with Crippen LogP contribution in [-0.4, -0.2) is 22.5 Å². The van der Waals surface area contributed by atoms with Crippen LogP contribution in [0.2, 0.25) is 0 Å². The number of amides is 1. The molecular weight excluding hydrogens is 256 g/mol. The summed E-state index contributed by atoms with van der Waals surface area (Å²) in [6.07, 6.45) is 1.02. The van der Waals surface area contributed by atoms with E-state index in [1.165, 1.54) is 6.92 Å². The number of nitrogens with one attached hydrogen (secondary N) is 1. The summed E-state index contributed by atoms with van der Waals surface area (Å²) in [5.41, 5.74) is 5.76. The van der Waals surface area contributed by atoms with Crippen molar-refractivity contribution in [1.29, 1.82) is 0 Å². The van der Waals surface area contributed by atoms with Crippen LogP contribution in [0.3, 0.4) is 0 Å². The zero-order chi connectivity index (χ0) is 15.2. The first-order valence-electron chi connectivity index (χ1n) is 6.74. The van der Waals surface area contributed by atoms with Gasteiger partial charge in [0.2, 0.25) is 5.91 Å². The van der Waals surface area contributed by atoms with Gasteiger partial charge in [0.25, 0.3) is 0 Å². The highest BCUT2D eigenvalue weighted by Gasteiger charge is 2.32. The maximum Gasteiger partial charge on any atom is 0.329 e. The number of hydrogen-bond acceptors (Lipinski definition) is 3. The lowest BCUT2D eigenvalue weighted by atomic mass is 9.98. The molecule has 5 heteroatoms. The maximum atomic E-state index is 11.8. The fourth-order valence-corrected chi connectivity index (χ4v) is 1.82. The molecule has 1 aromatic carbocycles. The molecule has 0 fully saturated rings. The van der Waals surface area contributed by atoms with Gasteiger partial charge in [0.15, 0.2) is 0 Å². The van der Waals surface area contributed by atoms with Gasteiger partial charge in [0, 0.05) is 12.5 Å². The first-order valence-corrected chi connectivity index (χ1v) is 6.74. The summed E-state index contributed by atoms with van der Waals surface area (Å²) in [4.78, 5) is 22.9. The zero-order valence-electron chi connectivity index (χ0n) is 11.9. The quantitative estimate of drug-likeness (QED) is 0.709. The van der Waals surface area contributed by atoms with Gasteiger partial charge in [-0.25, -0.2) is 4.79 Å². The van der Waals surface area contributed by atoms with E-state index < -0.39 is 11.5 Å². The zero-order valence-corrected chi connectivity index (χ0v) is 11.9. The van der Waals surface area contributed by atoms with Gasteiger partial charge in [-0.3, -0.25) is 4.79 Å². The molecule has 5 nitrogen and oxygen atoms in total. The molecule has 2 atom stereocenters. The van der Waals surface area contributed by atoms with E-state index in [0.29, 0.717) is 12.8 Å². The molecule has 0 aliphatic carbocycles. The van der Waals surface area contributed by atoms with Gasteiger partial charge in [-0.1, -0.05) is 37.3 Å². The fourth-order valence-electron chi connectivity index (χ4n) is 1.82. The standard InChI is InChI=1S/C15H22N2O3/c1-3-15(2,14(19)20)17-13(18)10-9-12(16)11-7-5-4-6-8-11/h4-8,12H,3,9-10,16H2,1-2H3,(H,17,18)(H,19,20). The Kier molecular flexibility index (Phi) is 5.70. The Morgan fingerprint density at radius 2 is 1.95 bits per heavy atom. The molecule has 0 aliphatic heterocycles. The molecule has 1 aromatic rings. The van der Waals surface area contributed by atoms with Crippen molar-refractivity contribution in [2.45, 2.75) is 44.7 Å². The molecule has 1 amide bonds. The second-order valence-corrected chi connectivity index (χ2v) is 5.09. The van der Waals surface area contributed by atoms with Gasteiger partial charge in [0.1, 0.15) is 5.54 Å². The van der Waals surface area contributed by atoms with Gasteiger partial charge in [-0.05, 0) is 25.3 Å². The minimum atomic E-state index is -1.21. The lowest BCUT2D eigenvalue weighted by Crippen LogP contribution is -2.51. The molecule has 0 saturated carbocycles. The summed E-state index contributed by atoms with van der Waals surface area (Å²) in [7, 11) is 0. The summed E-state index contributed by atoms with van der Waals surface area (Å²) >= 11 is 0. The van der Waals surface area contributed by atoms with E-state index in [1.807, 2.05) is 30.3 Å². The average Bonchev–Trinajstić information content (AvgIpc) is 2.45. The van der Waals surface area contributed by atoms with Crippen LogP contribution in [0.5, 0.6) is 0 Å². The van der Waals surface area contributed by atoms with Crippen LogP contribution >= 0.6 is 0 Å². The van der Waals surface area contributed by atoms with E-state index in [4.69, 9.17) is 10.8 Å². The molecule has 4 N–H and O–H groups in total. The smallest absolute Gasteiger partial charge is 0.329 e. The molecule has 20 heavy (non-hydrogen) atoms. The van der Waals surface area contributed by atoms with Crippen LogP contribution in [0.1, 0.15) is 44.7 Å².